The Hall–Kier alpha value is -2.66. The highest BCUT2D eigenvalue weighted by Crippen LogP contribution is 2.17. The fourth-order valence-corrected chi connectivity index (χ4v) is 3.04. The van der Waals surface area contributed by atoms with E-state index in [-0.39, 0.29) is 18.0 Å². The van der Waals surface area contributed by atoms with Crippen molar-refractivity contribution in [3.8, 4) is 0 Å². The van der Waals surface area contributed by atoms with Crippen molar-refractivity contribution in [1.82, 2.24) is 10.8 Å². The summed E-state index contributed by atoms with van der Waals surface area (Å²) in [5, 5.41) is 24.8. The third-order valence-corrected chi connectivity index (χ3v) is 4.68. The van der Waals surface area contributed by atoms with Crippen molar-refractivity contribution < 1.29 is 24.5 Å². The number of hydroxylamine groups is 1. The zero-order chi connectivity index (χ0) is 22.0. The summed E-state index contributed by atoms with van der Waals surface area (Å²) >= 11 is 1.45. The van der Waals surface area contributed by atoms with Gasteiger partial charge in [0.05, 0.1) is 4.92 Å². The van der Waals surface area contributed by atoms with E-state index in [1.807, 2.05) is 20.1 Å². The number of carbonyl (C=O) groups is 3. The maximum atomic E-state index is 12.7. The van der Waals surface area contributed by atoms with Gasteiger partial charge in [0.1, 0.15) is 12.0 Å². The van der Waals surface area contributed by atoms with Crippen LogP contribution < -0.4 is 16.1 Å². The number of non-ortho nitro benzene ring substituents is 1. The molecule has 0 fully saturated rings. The standard InChI is InChI=1S/C18H26N4O6S/c1-11(2)10-15(20-16(23)14(8-9-29-3)17(24)21-26)18(25)19-12-4-6-13(7-5-12)22(27)28/h4-7,11,14-15,26H,8-10H2,1-3H3,(H,19,25)(H,20,23)(H,21,24). The first kappa shape index (κ1) is 24.4. The molecule has 2 unspecified atom stereocenters. The minimum absolute atomic E-state index is 0.0687. The first-order chi connectivity index (χ1) is 13.7. The zero-order valence-electron chi connectivity index (χ0n) is 16.5. The van der Waals surface area contributed by atoms with Gasteiger partial charge in [0, 0.05) is 17.8 Å². The lowest BCUT2D eigenvalue weighted by Crippen LogP contribution is -2.49. The van der Waals surface area contributed by atoms with Crippen LogP contribution in [0.5, 0.6) is 0 Å². The normalized spacial score (nSPS) is 12.7. The first-order valence-electron chi connectivity index (χ1n) is 8.98. The summed E-state index contributed by atoms with van der Waals surface area (Å²) in [7, 11) is 0. The second-order valence-electron chi connectivity index (χ2n) is 6.79. The summed E-state index contributed by atoms with van der Waals surface area (Å²) in [5.41, 5.74) is 1.72. The van der Waals surface area contributed by atoms with Crippen molar-refractivity contribution in [2.75, 3.05) is 17.3 Å². The van der Waals surface area contributed by atoms with Crippen molar-refractivity contribution in [2.24, 2.45) is 11.8 Å². The van der Waals surface area contributed by atoms with Crippen molar-refractivity contribution in [3.05, 3.63) is 34.4 Å². The highest BCUT2D eigenvalue weighted by atomic mass is 32.2. The quantitative estimate of drug-likeness (QED) is 0.183. The average molecular weight is 426 g/mol. The van der Waals surface area contributed by atoms with Crippen LogP contribution in [0.15, 0.2) is 24.3 Å². The Bertz CT molecular complexity index is 726. The Balaban J connectivity index is 2.90. The lowest BCUT2D eigenvalue weighted by Gasteiger charge is -2.23. The number of carbonyl (C=O) groups excluding carboxylic acids is 3. The van der Waals surface area contributed by atoms with Crippen molar-refractivity contribution in [3.63, 3.8) is 0 Å². The number of nitro benzene ring substituents is 1. The van der Waals surface area contributed by atoms with Gasteiger partial charge in [-0.2, -0.15) is 11.8 Å². The molecule has 0 aromatic heterocycles. The fraction of sp³-hybridized carbons (Fsp3) is 0.500. The zero-order valence-corrected chi connectivity index (χ0v) is 17.3. The minimum atomic E-state index is -1.13. The van der Waals surface area contributed by atoms with Gasteiger partial charge in [0.2, 0.25) is 11.8 Å². The second kappa shape index (κ2) is 12.0. The smallest absolute Gasteiger partial charge is 0.269 e. The van der Waals surface area contributed by atoms with E-state index in [9.17, 15) is 24.5 Å². The fourth-order valence-electron chi connectivity index (χ4n) is 2.57. The molecule has 3 amide bonds. The lowest BCUT2D eigenvalue weighted by molar-refractivity contribution is -0.384. The van der Waals surface area contributed by atoms with Gasteiger partial charge in [-0.3, -0.25) is 29.7 Å². The van der Waals surface area contributed by atoms with Crippen LogP contribution in [0.25, 0.3) is 0 Å². The predicted octanol–water partition coefficient (Wildman–Crippen LogP) is 1.94. The molecular formula is C18H26N4O6S. The molecule has 0 aliphatic heterocycles. The molecule has 1 aromatic rings. The van der Waals surface area contributed by atoms with E-state index in [0.717, 1.165) is 0 Å². The van der Waals surface area contributed by atoms with Crippen LogP contribution in [0, 0.1) is 22.0 Å². The monoisotopic (exact) mass is 426 g/mol. The van der Waals surface area contributed by atoms with Crippen LogP contribution in [0.1, 0.15) is 26.7 Å². The highest BCUT2D eigenvalue weighted by Gasteiger charge is 2.30. The Labute approximate surface area is 172 Å². The number of hydrogen-bond acceptors (Lipinski definition) is 7. The van der Waals surface area contributed by atoms with Crippen LogP contribution >= 0.6 is 11.8 Å². The number of rotatable bonds is 11. The number of nitro groups is 1. The number of amides is 3. The number of anilines is 1. The molecule has 29 heavy (non-hydrogen) atoms. The molecule has 0 saturated heterocycles. The summed E-state index contributed by atoms with van der Waals surface area (Å²) in [5.74, 6) is -2.54. The minimum Gasteiger partial charge on any atom is -0.344 e. The third kappa shape index (κ3) is 8.08. The van der Waals surface area contributed by atoms with E-state index in [0.29, 0.717) is 17.9 Å². The van der Waals surface area contributed by atoms with Crippen LogP contribution in [0.4, 0.5) is 11.4 Å². The van der Waals surface area contributed by atoms with Gasteiger partial charge in [0.15, 0.2) is 0 Å². The molecule has 0 saturated carbocycles. The summed E-state index contributed by atoms with van der Waals surface area (Å²) < 4.78 is 0. The summed E-state index contributed by atoms with van der Waals surface area (Å²) in [4.78, 5) is 47.2. The summed E-state index contributed by atoms with van der Waals surface area (Å²) in [6.07, 6.45) is 2.35. The van der Waals surface area contributed by atoms with Crippen LogP contribution in [-0.2, 0) is 14.4 Å². The molecule has 0 aliphatic carbocycles. The van der Waals surface area contributed by atoms with Gasteiger partial charge < -0.3 is 10.6 Å². The average Bonchev–Trinajstić information content (AvgIpc) is 2.67. The Morgan fingerprint density at radius 3 is 2.24 bits per heavy atom. The molecule has 2 atom stereocenters. The molecule has 160 valence electrons. The molecule has 11 heteroatoms. The van der Waals surface area contributed by atoms with Gasteiger partial charge >= 0.3 is 0 Å². The molecule has 10 nitrogen and oxygen atoms in total. The lowest BCUT2D eigenvalue weighted by atomic mass is 10.00. The number of nitrogens with one attached hydrogen (secondary N) is 3. The first-order valence-corrected chi connectivity index (χ1v) is 10.4. The maximum absolute atomic E-state index is 12.7. The molecular weight excluding hydrogens is 400 g/mol. The van der Waals surface area contributed by atoms with E-state index in [2.05, 4.69) is 10.6 Å². The van der Waals surface area contributed by atoms with Crippen molar-refractivity contribution in [1.29, 1.82) is 0 Å². The van der Waals surface area contributed by atoms with Gasteiger partial charge in [0.25, 0.3) is 11.6 Å². The van der Waals surface area contributed by atoms with E-state index in [1.165, 1.54) is 41.5 Å². The summed E-state index contributed by atoms with van der Waals surface area (Å²) in [6, 6.07) is 4.39. The molecule has 0 bridgehead atoms. The van der Waals surface area contributed by atoms with Crippen LogP contribution in [0.2, 0.25) is 0 Å². The second-order valence-corrected chi connectivity index (χ2v) is 7.78. The predicted molar refractivity (Wildman–Crippen MR) is 110 cm³/mol. The molecule has 4 N–H and O–H groups in total. The van der Waals surface area contributed by atoms with Crippen LogP contribution in [0.3, 0.4) is 0 Å². The van der Waals surface area contributed by atoms with Gasteiger partial charge in [-0.05, 0) is 42.9 Å². The summed E-state index contributed by atoms with van der Waals surface area (Å²) in [6.45, 7) is 3.76. The van der Waals surface area contributed by atoms with E-state index >= 15 is 0 Å². The van der Waals surface area contributed by atoms with Gasteiger partial charge in [-0.25, -0.2) is 5.48 Å². The Morgan fingerprint density at radius 2 is 1.76 bits per heavy atom. The molecule has 1 rings (SSSR count). The van der Waals surface area contributed by atoms with E-state index < -0.39 is 34.6 Å². The van der Waals surface area contributed by atoms with Crippen molar-refractivity contribution >= 4 is 40.9 Å². The number of thioether (sulfide) groups is 1. The Morgan fingerprint density at radius 1 is 1.14 bits per heavy atom. The Kier molecular flexibility index (Phi) is 10.1. The van der Waals surface area contributed by atoms with Gasteiger partial charge in [-0.1, -0.05) is 13.8 Å². The highest BCUT2D eigenvalue weighted by molar-refractivity contribution is 7.98. The molecule has 1 aromatic carbocycles. The number of nitrogens with zero attached hydrogens (tertiary/aromatic N) is 1. The maximum Gasteiger partial charge on any atom is 0.269 e. The molecule has 0 aliphatic rings. The van der Waals surface area contributed by atoms with Crippen LogP contribution in [-0.4, -0.2) is 45.9 Å². The third-order valence-electron chi connectivity index (χ3n) is 4.04. The van der Waals surface area contributed by atoms with E-state index in [4.69, 9.17) is 5.21 Å². The van der Waals surface area contributed by atoms with Crippen molar-refractivity contribution in [2.45, 2.75) is 32.7 Å². The van der Waals surface area contributed by atoms with E-state index in [1.54, 1.807) is 0 Å². The topological polar surface area (TPSA) is 151 Å². The number of hydrogen-bond donors (Lipinski definition) is 4. The SMILES string of the molecule is CSCCC(C(=O)NO)C(=O)NC(CC(C)C)C(=O)Nc1ccc([N+](=O)[O-])cc1. The molecule has 0 spiro atoms. The molecule has 0 radical (unpaired) electrons. The largest absolute Gasteiger partial charge is 0.344 e. The number of benzene rings is 1. The van der Waals surface area contributed by atoms with Gasteiger partial charge in [-0.15, -0.1) is 0 Å². The molecule has 0 heterocycles.